The molecular formula is C23H20ClN3O3S. The molecule has 6 nitrogen and oxygen atoms in total. The van der Waals surface area contributed by atoms with E-state index in [1.165, 1.54) is 12.1 Å². The molecule has 0 fully saturated rings. The first-order chi connectivity index (χ1) is 14.9. The normalized spacial score (nSPS) is 14.5. The zero-order chi connectivity index (χ0) is 22.0. The third-order valence-corrected chi connectivity index (χ3v) is 6.85. The standard InChI is InChI=1S/C23H20ClN3O3S/c1-2-16-8-11-19(12-9-16)25-22(28)15-27-26-23(17-6-4-3-5-7-17)20-14-18(24)10-13-21(20)31(27,29)30/h3-14H,2,15H2,1H3,(H,25,28). The summed E-state index contributed by atoms with van der Waals surface area (Å²) in [6.45, 7) is 1.60. The molecule has 0 atom stereocenters. The first-order valence-electron chi connectivity index (χ1n) is 9.74. The number of nitrogens with one attached hydrogen (secondary N) is 1. The Morgan fingerprint density at radius 3 is 2.42 bits per heavy atom. The minimum Gasteiger partial charge on any atom is -0.324 e. The van der Waals surface area contributed by atoms with Crippen molar-refractivity contribution in [1.29, 1.82) is 0 Å². The van der Waals surface area contributed by atoms with Gasteiger partial charge in [0.15, 0.2) is 0 Å². The van der Waals surface area contributed by atoms with Crippen LogP contribution in [-0.2, 0) is 21.2 Å². The van der Waals surface area contributed by atoms with Gasteiger partial charge < -0.3 is 5.32 Å². The minimum absolute atomic E-state index is 0.0610. The van der Waals surface area contributed by atoms with Gasteiger partial charge in [-0.15, -0.1) is 0 Å². The molecular weight excluding hydrogens is 434 g/mol. The Morgan fingerprint density at radius 1 is 1.03 bits per heavy atom. The summed E-state index contributed by atoms with van der Waals surface area (Å²) in [4.78, 5) is 12.7. The predicted octanol–water partition coefficient (Wildman–Crippen LogP) is 4.30. The van der Waals surface area contributed by atoms with E-state index >= 15 is 0 Å². The van der Waals surface area contributed by atoms with Crippen molar-refractivity contribution in [2.45, 2.75) is 18.2 Å². The van der Waals surface area contributed by atoms with Crippen LogP contribution in [0.5, 0.6) is 0 Å². The van der Waals surface area contributed by atoms with Crippen LogP contribution in [0.1, 0.15) is 23.6 Å². The van der Waals surface area contributed by atoms with Crippen molar-refractivity contribution in [2.75, 3.05) is 11.9 Å². The highest BCUT2D eigenvalue weighted by molar-refractivity contribution is 7.89. The van der Waals surface area contributed by atoms with Crippen LogP contribution in [0, 0.1) is 0 Å². The number of nitrogens with zero attached hydrogens (tertiary/aromatic N) is 2. The van der Waals surface area contributed by atoms with E-state index in [0.29, 0.717) is 22.0 Å². The van der Waals surface area contributed by atoms with Gasteiger partial charge in [-0.2, -0.15) is 17.9 Å². The molecule has 31 heavy (non-hydrogen) atoms. The number of benzene rings is 3. The average Bonchev–Trinajstić information content (AvgIpc) is 2.76. The van der Waals surface area contributed by atoms with Crippen molar-refractivity contribution >= 4 is 38.9 Å². The Kier molecular flexibility index (Phi) is 5.80. The van der Waals surface area contributed by atoms with Crippen molar-refractivity contribution in [2.24, 2.45) is 5.10 Å². The molecule has 0 saturated heterocycles. The van der Waals surface area contributed by atoms with E-state index in [9.17, 15) is 13.2 Å². The van der Waals surface area contributed by atoms with Crippen molar-refractivity contribution in [3.05, 3.63) is 94.5 Å². The van der Waals surface area contributed by atoms with Gasteiger partial charge >= 0.3 is 0 Å². The largest absolute Gasteiger partial charge is 0.324 e. The first-order valence-corrected chi connectivity index (χ1v) is 11.6. The highest BCUT2D eigenvalue weighted by Gasteiger charge is 2.34. The van der Waals surface area contributed by atoms with Crippen LogP contribution in [-0.4, -0.2) is 31.0 Å². The molecule has 1 aliphatic rings. The summed E-state index contributed by atoms with van der Waals surface area (Å²) in [6.07, 6.45) is 0.890. The zero-order valence-electron chi connectivity index (χ0n) is 16.7. The van der Waals surface area contributed by atoms with Crippen molar-refractivity contribution in [3.63, 3.8) is 0 Å². The Labute approximate surface area is 186 Å². The summed E-state index contributed by atoms with van der Waals surface area (Å²) in [5.41, 5.74) is 3.31. The second-order valence-electron chi connectivity index (χ2n) is 7.04. The minimum atomic E-state index is -4.01. The molecule has 3 aromatic carbocycles. The summed E-state index contributed by atoms with van der Waals surface area (Å²) in [7, 11) is -4.01. The zero-order valence-corrected chi connectivity index (χ0v) is 18.3. The monoisotopic (exact) mass is 453 g/mol. The third-order valence-electron chi connectivity index (χ3n) is 4.94. The van der Waals surface area contributed by atoms with Gasteiger partial charge in [0.05, 0.1) is 4.90 Å². The molecule has 1 heterocycles. The lowest BCUT2D eigenvalue weighted by Crippen LogP contribution is -2.38. The van der Waals surface area contributed by atoms with Gasteiger partial charge in [0.2, 0.25) is 5.91 Å². The lowest BCUT2D eigenvalue weighted by molar-refractivity contribution is -0.116. The fourth-order valence-corrected chi connectivity index (χ4v) is 4.87. The Balaban J connectivity index is 1.68. The van der Waals surface area contributed by atoms with E-state index < -0.39 is 22.5 Å². The molecule has 1 N–H and O–H groups in total. The summed E-state index contributed by atoms with van der Waals surface area (Å²) in [5, 5.41) is 7.47. The Bertz CT molecular complexity index is 1260. The van der Waals surface area contributed by atoms with E-state index in [1.54, 1.807) is 18.2 Å². The molecule has 0 saturated carbocycles. The van der Waals surface area contributed by atoms with Crippen LogP contribution >= 0.6 is 11.6 Å². The molecule has 8 heteroatoms. The van der Waals surface area contributed by atoms with Gasteiger partial charge in [0.1, 0.15) is 12.3 Å². The molecule has 0 spiro atoms. The number of carbonyl (C=O) groups excluding carboxylic acids is 1. The van der Waals surface area contributed by atoms with Crippen molar-refractivity contribution in [1.82, 2.24) is 4.41 Å². The van der Waals surface area contributed by atoms with Gasteiger partial charge in [0.25, 0.3) is 10.0 Å². The Morgan fingerprint density at radius 2 is 1.74 bits per heavy atom. The summed E-state index contributed by atoms with van der Waals surface area (Å²) < 4.78 is 27.2. The molecule has 1 aliphatic heterocycles. The lowest BCUT2D eigenvalue weighted by Gasteiger charge is -2.27. The van der Waals surface area contributed by atoms with Gasteiger partial charge in [-0.25, -0.2) is 0 Å². The maximum absolute atomic E-state index is 13.2. The summed E-state index contributed by atoms with van der Waals surface area (Å²) in [6, 6.07) is 21.1. The molecule has 0 bridgehead atoms. The first kappa shape index (κ1) is 21.1. The SMILES string of the molecule is CCc1ccc(NC(=O)CN2N=C(c3ccccc3)c3cc(Cl)ccc3S2(=O)=O)cc1. The highest BCUT2D eigenvalue weighted by Crippen LogP contribution is 2.31. The third kappa shape index (κ3) is 4.33. The van der Waals surface area contributed by atoms with E-state index in [0.717, 1.165) is 22.0 Å². The van der Waals surface area contributed by atoms with Gasteiger partial charge in [0, 0.05) is 21.8 Å². The number of halogens is 1. The van der Waals surface area contributed by atoms with Crippen LogP contribution in [0.3, 0.4) is 0 Å². The predicted molar refractivity (Wildman–Crippen MR) is 122 cm³/mol. The van der Waals surface area contributed by atoms with E-state index in [-0.39, 0.29) is 4.90 Å². The van der Waals surface area contributed by atoms with E-state index in [1.807, 2.05) is 49.4 Å². The number of amides is 1. The van der Waals surface area contributed by atoms with Crippen LogP contribution < -0.4 is 5.32 Å². The number of carbonyl (C=O) groups is 1. The highest BCUT2D eigenvalue weighted by atomic mass is 35.5. The number of sulfonamides is 1. The molecule has 0 aliphatic carbocycles. The summed E-state index contributed by atoms with van der Waals surface area (Å²) in [5.74, 6) is -0.485. The van der Waals surface area contributed by atoms with Crippen LogP contribution in [0.25, 0.3) is 0 Å². The molecule has 0 unspecified atom stereocenters. The topological polar surface area (TPSA) is 78.8 Å². The van der Waals surface area contributed by atoms with E-state index in [4.69, 9.17) is 11.6 Å². The van der Waals surface area contributed by atoms with Gasteiger partial charge in [-0.1, -0.05) is 61.0 Å². The lowest BCUT2D eigenvalue weighted by atomic mass is 10.0. The second-order valence-corrected chi connectivity index (χ2v) is 9.29. The number of hydrazone groups is 1. The van der Waals surface area contributed by atoms with Gasteiger partial charge in [-0.3, -0.25) is 4.79 Å². The molecule has 0 radical (unpaired) electrons. The molecule has 0 aromatic heterocycles. The molecule has 158 valence electrons. The average molecular weight is 454 g/mol. The van der Waals surface area contributed by atoms with E-state index in [2.05, 4.69) is 10.4 Å². The second kappa shape index (κ2) is 8.53. The number of anilines is 1. The van der Waals surface area contributed by atoms with Gasteiger partial charge in [-0.05, 0) is 42.3 Å². The molecule has 3 aromatic rings. The van der Waals surface area contributed by atoms with Crippen LogP contribution in [0.4, 0.5) is 5.69 Å². The number of fused-ring (bicyclic) bond motifs is 1. The van der Waals surface area contributed by atoms with Crippen LogP contribution in [0.15, 0.2) is 82.8 Å². The van der Waals surface area contributed by atoms with Crippen molar-refractivity contribution in [3.8, 4) is 0 Å². The smallest absolute Gasteiger partial charge is 0.280 e. The molecule has 4 rings (SSSR count). The number of aryl methyl sites for hydroxylation is 1. The van der Waals surface area contributed by atoms with Crippen molar-refractivity contribution < 1.29 is 13.2 Å². The maximum atomic E-state index is 13.2. The molecule has 1 amide bonds. The summed E-state index contributed by atoms with van der Waals surface area (Å²) >= 11 is 6.13. The number of hydrogen-bond acceptors (Lipinski definition) is 4. The fourth-order valence-electron chi connectivity index (χ4n) is 3.32. The number of rotatable bonds is 5. The van der Waals surface area contributed by atoms with Crippen LogP contribution in [0.2, 0.25) is 5.02 Å². The fraction of sp³-hybridized carbons (Fsp3) is 0.130. The maximum Gasteiger partial charge on any atom is 0.280 e. The number of hydrogen-bond donors (Lipinski definition) is 1. The quantitative estimate of drug-likeness (QED) is 0.625. The Hall–Kier alpha value is -3.16.